The molecule has 0 heterocycles. The molecule has 2 heteroatoms. The number of hydrogen-bond donors (Lipinski definition) is 1. The number of benzene rings is 1. The quantitative estimate of drug-likeness (QED) is 0.574. The molecule has 0 amide bonds. The van der Waals surface area contributed by atoms with Crippen LogP contribution in [0.15, 0.2) is 18.2 Å². The Hall–Kier alpha value is -0.890. The summed E-state index contributed by atoms with van der Waals surface area (Å²) in [4.78, 5) is 0. The van der Waals surface area contributed by atoms with E-state index >= 15 is 0 Å². The van der Waals surface area contributed by atoms with E-state index in [-0.39, 0.29) is 5.82 Å². The van der Waals surface area contributed by atoms with E-state index in [1.807, 2.05) is 0 Å². The van der Waals surface area contributed by atoms with Crippen LogP contribution in [0.4, 0.5) is 4.39 Å². The van der Waals surface area contributed by atoms with Crippen LogP contribution in [0, 0.1) is 5.82 Å². The first kappa shape index (κ1) is 5.86. The Morgan fingerprint density at radius 1 is 1.50 bits per heavy atom. The largest absolute Gasteiger partial charge is 0.388 e. The van der Waals surface area contributed by atoms with Crippen molar-refractivity contribution in [2.75, 3.05) is 0 Å². The molecular weight excluding hydrogens is 131 g/mol. The summed E-state index contributed by atoms with van der Waals surface area (Å²) in [6, 6.07) is 4.53. The van der Waals surface area contributed by atoms with Crippen molar-refractivity contribution in [3.05, 3.63) is 35.1 Å². The van der Waals surface area contributed by atoms with Crippen molar-refractivity contribution in [1.29, 1.82) is 0 Å². The molecule has 0 saturated heterocycles. The molecule has 1 unspecified atom stereocenters. The van der Waals surface area contributed by atoms with Crippen LogP contribution in [-0.2, 0) is 6.42 Å². The Labute approximate surface area is 58.1 Å². The zero-order valence-electron chi connectivity index (χ0n) is 5.34. The molecule has 0 aliphatic heterocycles. The van der Waals surface area contributed by atoms with Crippen molar-refractivity contribution in [1.82, 2.24) is 0 Å². The van der Waals surface area contributed by atoms with E-state index in [4.69, 9.17) is 5.11 Å². The van der Waals surface area contributed by atoms with Gasteiger partial charge in [0.05, 0.1) is 6.10 Å². The number of aliphatic hydroxyl groups excluding tert-OH is 1. The summed E-state index contributed by atoms with van der Waals surface area (Å²) in [6.45, 7) is 0. The molecule has 1 nitrogen and oxygen atoms in total. The number of halogens is 1. The molecular formula is C8H7FO. The highest BCUT2D eigenvalue weighted by atomic mass is 19.1. The fourth-order valence-electron chi connectivity index (χ4n) is 1.25. The van der Waals surface area contributed by atoms with E-state index < -0.39 is 6.10 Å². The highest BCUT2D eigenvalue weighted by Crippen LogP contribution is 2.32. The number of aliphatic hydroxyl groups is 1. The molecule has 1 atom stereocenters. The van der Waals surface area contributed by atoms with Crippen molar-refractivity contribution in [2.45, 2.75) is 12.5 Å². The van der Waals surface area contributed by atoms with Crippen LogP contribution in [0.25, 0.3) is 0 Å². The van der Waals surface area contributed by atoms with E-state index in [0.29, 0.717) is 6.42 Å². The monoisotopic (exact) mass is 138 g/mol. The molecule has 0 saturated carbocycles. The van der Waals surface area contributed by atoms with Crippen molar-refractivity contribution >= 4 is 0 Å². The van der Waals surface area contributed by atoms with Crippen LogP contribution in [-0.4, -0.2) is 5.11 Å². The fraction of sp³-hybridized carbons (Fsp3) is 0.250. The molecule has 1 aromatic carbocycles. The Morgan fingerprint density at radius 3 is 2.90 bits per heavy atom. The third kappa shape index (κ3) is 0.656. The molecule has 2 rings (SSSR count). The van der Waals surface area contributed by atoms with Gasteiger partial charge in [-0.15, -0.1) is 0 Å². The second-order valence-corrected chi connectivity index (χ2v) is 2.56. The van der Waals surface area contributed by atoms with Crippen molar-refractivity contribution in [2.24, 2.45) is 0 Å². The maximum Gasteiger partial charge on any atom is 0.123 e. The van der Waals surface area contributed by atoms with E-state index in [1.54, 1.807) is 6.07 Å². The molecule has 0 spiro atoms. The van der Waals surface area contributed by atoms with Gasteiger partial charge in [-0.25, -0.2) is 4.39 Å². The minimum absolute atomic E-state index is 0.266. The summed E-state index contributed by atoms with van der Waals surface area (Å²) < 4.78 is 12.4. The van der Waals surface area contributed by atoms with Gasteiger partial charge in [-0.05, 0) is 23.3 Å². The number of hydrogen-bond acceptors (Lipinski definition) is 1. The predicted molar refractivity (Wildman–Crippen MR) is 35.1 cm³/mol. The van der Waals surface area contributed by atoms with Crippen LogP contribution in [0.2, 0.25) is 0 Å². The van der Waals surface area contributed by atoms with Gasteiger partial charge in [0.1, 0.15) is 5.82 Å². The Balaban J connectivity index is 2.51. The molecule has 1 aliphatic rings. The zero-order chi connectivity index (χ0) is 7.14. The summed E-state index contributed by atoms with van der Waals surface area (Å²) in [5.74, 6) is -0.266. The minimum Gasteiger partial charge on any atom is -0.388 e. The molecule has 0 fully saturated rings. The molecule has 1 aromatic rings. The van der Waals surface area contributed by atoms with Crippen molar-refractivity contribution < 1.29 is 9.50 Å². The fourth-order valence-corrected chi connectivity index (χ4v) is 1.25. The van der Waals surface area contributed by atoms with Gasteiger partial charge in [0.2, 0.25) is 0 Å². The molecule has 1 N–H and O–H groups in total. The molecule has 0 bridgehead atoms. The van der Waals surface area contributed by atoms with Crippen LogP contribution in [0.3, 0.4) is 0 Å². The number of rotatable bonds is 0. The highest BCUT2D eigenvalue weighted by molar-refractivity contribution is 5.38. The zero-order valence-corrected chi connectivity index (χ0v) is 5.34. The van der Waals surface area contributed by atoms with Crippen LogP contribution >= 0.6 is 0 Å². The first-order chi connectivity index (χ1) is 4.77. The van der Waals surface area contributed by atoms with E-state index in [2.05, 4.69) is 0 Å². The van der Waals surface area contributed by atoms with Crippen molar-refractivity contribution in [3.63, 3.8) is 0 Å². The Bertz CT molecular complexity index is 270. The lowest BCUT2D eigenvalue weighted by molar-refractivity contribution is 0.153. The Morgan fingerprint density at radius 2 is 2.30 bits per heavy atom. The van der Waals surface area contributed by atoms with Gasteiger partial charge < -0.3 is 5.11 Å². The summed E-state index contributed by atoms with van der Waals surface area (Å²) in [5, 5.41) is 9.06. The van der Waals surface area contributed by atoms with Crippen LogP contribution < -0.4 is 0 Å². The standard InChI is InChI=1S/C8H7FO/c9-6-2-1-5-3-8(10)7(5)4-6/h1-2,4,8,10H,3H2. The van der Waals surface area contributed by atoms with Gasteiger partial charge in [-0.1, -0.05) is 6.07 Å². The maximum atomic E-state index is 12.4. The minimum atomic E-state index is -0.425. The third-order valence-electron chi connectivity index (χ3n) is 1.88. The molecule has 1 aliphatic carbocycles. The summed E-state index contributed by atoms with van der Waals surface area (Å²) >= 11 is 0. The van der Waals surface area contributed by atoms with Crippen LogP contribution in [0.5, 0.6) is 0 Å². The Kier molecular flexibility index (Phi) is 1.05. The first-order valence-electron chi connectivity index (χ1n) is 3.24. The summed E-state index contributed by atoms with van der Waals surface area (Å²) in [5.41, 5.74) is 1.81. The number of fused-ring (bicyclic) bond motifs is 1. The van der Waals surface area contributed by atoms with Crippen LogP contribution in [0.1, 0.15) is 17.2 Å². The van der Waals surface area contributed by atoms with Gasteiger partial charge in [0.15, 0.2) is 0 Å². The van der Waals surface area contributed by atoms with Gasteiger partial charge in [0.25, 0.3) is 0 Å². The van der Waals surface area contributed by atoms with E-state index in [0.717, 1.165) is 11.1 Å². The molecule has 0 aromatic heterocycles. The SMILES string of the molecule is OC1Cc2ccc(F)cc21. The van der Waals surface area contributed by atoms with Gasteiger partial charge >= 0.3 is 0 Å². The topological polar surface area (TPSA) is 20.2 Å². The molecule has 0 radical (unpaired) electrons. The second kappa shape index (κ2) is 1.80. The van der Waals surface area contributed by atoms with Gasteiger partial charge in [0, 0.05) is 6.42 Å². The van der Waals surface area contributed by atoms with Gasteiger partial charge in [-0.2, -0.15) is 0 Å². The smallest absolute Gasteiger partial charge is 0.123 e. The second-order valence-electron chi connectivity index (χ2n) is 2.56. The van der Waals surface area contributed by atoms with E-state index in [1.165, 1.54) is 12.1 Å². The summed E-state index contributed by atoms with van der Waals surface area (Å²) in [6.07, 6.45) is 0.251. The lowest BCUT2D eigenvalue weighted by atomic mass is 9.86. The molecule has 52 valence electrons. The lowest BCUT2D eigenvalue weighted by Crippen LogP contribution is -2.16. The maximum absolute atomic E-state index is 12.4. The third-order valence-corrected chi connectivity index (χ3v) is 1.88. The lowest BCUT2D eigenvalue weighted by Gasteiger charge is -2.24. The summed E-state index contributed by atoms with van der Waals surface area (Å²) in [7, 11) is 0. The normalized spacial score (nSPS) is 21.6. The van der Waals surface area contributed by atoms with Gasteiger partial charge in [-0.3, -0.25) is 0 Å². The first-order valence-corrected chi connectivity index (χ1v) is 3.24. The average Bonchev–Trinajstić information content (AvgIpc) is 1.92. The van der Waals surface area contributed by atoms with Crippen molar-refractivity contribution in [3.8, 4) is 0 Å². The predicted octanol–water partition coefficient (Wildman–Crippen LogP) is 1.42. The highest BCUT2D eigenvalue weighted by Gasteiger charge is 2.23. The van der Waals surface area contributed by atoms with E-state index in [9.17, 15) is 4.39 Å². The molecule has 10 heavy (non-hydrogen) atoms. The average molecular weight is 138 g/mol.